The van der Waals surface area contributed by atoms with E-state index in [0.29, 0.717) is 36.9 Å². The highest BCUT2D eigenvalue weighted by atomic mass is 35.5. The molecule has 50 heavy (non-hydrogen) atoms. The highest BCUT2D eigenvalue weighted by Gasteiger charge is 2.20. The Morgan fingerprint density at radius 2 is 1.40 bits per heavy atom. The Kier molecular flexibility index (Phi) is 12.8. The summed E-state index contributed by atoms with van der Waals surface area (Å²) in [5, 5.41) is 16.5. The van der Waals surface area contributed by atoms with Crippen LogP contribution in [-0.2, 0) is 13.2 Å². The lowest BCUT2D eigenvalue weighted by Crippen LogP contribution is -2.38. The van der Waals surface area contributed by atoms with E-state index in [9.17, 15) is 4.79 Å². The molecule has 9 heteroatoms. The van der Waals surface area contributed by atoms with Crippen LogP contribution in [0, 0.1) is 5.92 Å². The number of halogens is 1. The summed E-state index contributed by atoms with van der Waals surface area (Å²) >= 11 is 0. The first kappa shape index (κ1) is 36.4. The molecule has 0 radical (unpaired) electrons. The number of nitrogens with zero attached hydrogens (tertiary/aromatic N) is 3. The zero-order chi connectivity index (χ0) is 34.0. The molecule has 0 unspecified atom stereocenters. The zero-order valence-electron chi connectivity index (χ0n) is 28.8. The number of nitrogens with one attached hydrogen (secondary N) is 1. The van der Waals surface area contributed by atoms with Crippen molar-refractivity contribution in [2.75, 3.05) is 13.2 Å². The molecule has 0 aliphatic rings. The molecule has 6 rings (SSSR count). The lowest BCUT2D eigenvalue weighted by Gasteiger charge is -2.20. The van der Waals surface area contributed by atoms with Crippen molar-refractivity contribution in [1.82, 2.24) is 20.3 Å². The average Bonchev–Trinajstić information content (AvgIpc) is 3.57. The molecule has 0 spiro atoms. The molecule has 0 aliphatic heterocycles. The van der Waals surface area contributed by atoms with Gasteiger partial charge in [-0.15, -0.1) is 17.5 Å². The Bertz CT molecular complexity index is 2000. The normalized spacial score (nSPS) is 11.8. The van der Waals surface area contributed by atoms with E-state index < -0.39 is 0 Å². The van der Waals surface area contributed by atoms with Gasteiger partial charge in [0.05, 0.1) is 19.3 Å². The molecule has 1 heterocycles. The second kappa shape index (κ2) is 17.7. The van der Waals surface area contributed by atoms with Crippen molar-refractivity contribution in [2.45, 2.75) is 58.7 Å². The number of benzene rings is 5. The quantitative estimate of drug-likeness (QED) is 0.0986. The summed E-state index contributed by atoms with van der Waals surface area (Å²) in [5.41, 5.74) is 9.09. The van der Waals surface area contributed by atoms with E-state index >= 15 is 0 Å². The average molecular weight is 692 g/mol. The third-order valence-electron chi connectivity index (χ3n) is 8.73. The van der Waals surface area contributed by atoms with Crippen molar-refractivity contribution in [2.24, 2.45) is 11.7 Å². The maximum Gasteiger partial charge on any atom is 0.251 e. The second-order valence-corrected chi connectivity index (χ2v) is 12.9. The van der Waals surface area contributed by atoms with Crippen molar-refractivity contribution in [3.8, 4) is 22.6 Å². The Morgan fingerprint density at radius 1 is 0.780 bits per heavy atom. The Balaban J connectivity index is 0.00000486. The Hall–Kier alpha value is -4.92. The van der Waals surface area contributed by atoms with Gasteiger partial charge in [0, 0.05) is 22.7 Å². The molecule has 0 bridgehead atoms. The fourth-order valence-corrected chi connectivity index (χ4v) is 6.14. The lowest BCUT2D eigenvalue weighted by molar-refractivity contribution is 0.0929. The van der Waals surface area contributed by atoms with Crippen molar-refractivity contribution in [1.29, 1.82) is 0 Å². The van der Waals surface area contributed by atoms with E-state index in [0.717, 1.165) is 69.9 Å². The molecule has 0 fully saturated rings. The fraction of sp³-hybridized carbons (Fsp3) is 0.293. The molecule has 1 atom stereocenters. The number of carbonyl (C=O) groups excluding carboxylic acids is 1. The molecule has 8 nitrogen and oxygen atoms in total. The van der Waals surface area contributed by atoms with E-state index in [1.54, 1.807) is 4.68 Å². The monoisotopic (exact) mass is 691 g/mol. The Morgan fingerprint density at radius 3 is 2.04 bits per heavy atom. The number of fused-ring (bicyclic) bond motifs is 2. The predicted octanol–water partition coefficient (Wildman–Crippen LogP) is 8.60. The van der Waals surface area contributed by atoms with Gasteiger partial charge in [0.1, 0.15) is 23.8 Å². The number of ether oxygens (including phenoxy) is 2. The number of amides is 1. The smallest absolute Gasteiger partial charge is 0.251 e. The van der Waals surface area contributed by atoms with E-state index in [1.165, 1.54) is 0 Å². The fourth-order valence-electron chi connectivity index (χ4n) is 6.14. The number of aromatic nitrogens is 3. The van der Waals surface area contributed by atoms with Crippen LogP contribution < -0.4 is 20.5 Å². The highest BCUT2D eigenvalue weighted by molar-refractivity contribution is 6.09. The minimum absolute atomic E-state index is 0. The van der Waals surface area contributed by atoms with Crippen molar-refractivity contribution < 1.29 is 14.3 Å². The van der Waals surface area contributed by atoms with Gasteiger partial charge in [-0.3, -0.25) is 9.48 Å². The van der Waals surface area contributed by atoms with Gasteiger partial charge in [0.25, 0.3) is 5.91 Å². The molecule has 3 N–H and O–H groups in total. The van der Waals surface area contributed by atoms with Crippen LogP contribution in [0.1, 0.15) is 55.6 Å². The van der Waals surface area contributed by atoms with Crippen molar-refractivity contribution >= 4 is 39.9 Å². The minimum atomic E-state index is -0.123. The molecule has 6 aromatic rings. The van der Waals surface area contributed by atoms with Gasteiger partial charge in [-0.2, -0.15) is 0 Å². The van der Waals surface area contributed by atoms with Crippen LogP contribution in [0.3, 0.4) is 0 Å². The van der Waals surface area contributed by atoms with Gasteiger partial charge >= 0.3 is 0 Å². The third-order valence-corrected chi connectivity index (χ3v) is 8.73. The summed E-state index contributed by atoms with van der Waals surface area (Å²) in [6.45, 7) is 6.39. The number of hydrogen-bond donors (Lipinski definition) is 2. The molecule has 0 saturated heterocycles. The van der Waals surface area contributed by atoms with Gasteiger partial charge in [0.15, 0.2) is 0 Å². The molecule has 0 saturated carbocycles. The molecule has 0 aliphatic carbocycles. The van der Waals surface area contributed by atoms with Crippen molar-refractivity contribution in [3.63, 3.8) is 0 Å². The van der Waals surface area contributed by atoms with E-state index in [2.05, 4.69) is 96.2 Å². The number of nitrogens with two attached hydrogens (primary N) is 1. The molecular formula is C41H46ClN5O3. The van der Waals surface area contributed by atoms with Gasteiger partial charge in [-0.1, -0.05) is 104 Å². The van der Waals surface area contributed by atoms with Crippen LogP contribution in [-0.4, -0.2) is 40.1 Å². The lowest BCUT2D eigenvalue weighted by atomic mass is 9.92. The SMILES string of the molecule is CC(C)CCOc1ccc2ccccc2c1-c1c(OCc2cn(C[C@@H](CCCCN)NC(=O)c3ccccc3)nn2)ccc2ccccc12.Cl. The summed E-state index contributed by atoms with van der Waals surface area (Å²) in [6.07, 6.45) is 5.44. The minimum Gasteiger partial charge on any atom is -0.493 e. The summed E-state index contributed by atoms with van der Waals surface area (Å²) in [7, 11) is 0. The molecule has 1 amide bonds. The number of rotatable bonds is 16. The summed E-state index contributed by atoms with van der Waals surface area (Å²) in [6, 6.07) is 34.3. The van der Waals surface area contributed by atoms with Crippen LogP contribution in [0.25, 0.3) is 32.7 Å². The first-order valence-corrected chi connectivity index (χ1v) is 17.2. The summed E-state index contributed by atoms with van der Waals surface area (Å²) in [4.78, 5) is 13.0. The number of hydrogen-bond acceptors (Lipinski definition) is 6. The first-order chi connectivity index (χ1) is 24.0. The van der Waals surface area contributed by atoms with Gasteiger partial charge in [-0.05, 0) is 77.5 Å². The first-order valence-electron chi connectivity index (χ1n) is 17.2. The van der Waals surface area contributed by atoms with Crippen LogP contribution in [0.15, 0.2) is 109 Å². The van der Waals surface area contributed by atoms with Crippen LogP contribution in [0.2, 0.25) is 0 Å². The van der Waals surface area contributed by atoms with E-state index in [4.69, 9.17) is 15.2 Å². The topological polar surface area (TPSA) is 104 Å². The number of carbonyl (C=O) groups is 1. The van der Waals surface area contributed by atoms with E-state index in [-0.39, 0.29) is 31.0 Å². The maximum absolute atomic E-state index is 13.0. The molecule has 5 aromatic carbocycles. The van der Waals surface area contributed by atoms with Crippen LogP contribution >= 0.6 is 12.4 Å². The van der Waals surface area contributed by atoms with Gasteiger partial charge < -0.3 is 20.5 Å². The molecule has 1 aromatic heterocycles. The zero-order valence-corrected chi connectivity index (χ0v) is 29.6. The van der Waals surface area contributed by atoms with Gasteiger partial charge in [0.2, 0.25) is 0 Å². The number of unbranched alkanes of at least 4 members (excludes halogenated alkanes) is 1. The largest absolute Gasteiger partial charge is 0.493 e. The standard InChI is InChI=1S/C41H45N5O3.ClH/c1-29(2)23-25-48-37-21-19-30-12-6-8-17-35(30)39(37)40-36-18-9-7-13-31(36)20-22-38(40)49-28-34-27-46(45-44-34)26-33(16-10-11-24-42)43-41(47)32-14-4-3-5-15-32;/h3-9,12-15,17-22,27,29,33H,10-11,16,23-26,28,42H2,1-2H3,(H,43,47);1H/t33-;/m1./s1. The van der Waals surface area contributed by atoms with Crippen LogP contribution in [0.4, 0.5) is 0 Å². The Labute approximate surface area is 300 Å². The molecular weight excluding hydrogens is 646 g/mol. The van der Waals surface area contributed by atoms with Gasteiger partial charge in [-0.25, -0.2) is 0 Å². The second-order valence-electron chi connectivity index (χ2n) is 12.9. The van der Waals surface area contributed by atoms with E-state index in [1.807, 2.05) is 42.6 Å². The summed E-state index contributed by atoms with van der Waals surface area (Å²) in [5.74, 6) is 2.01. The molecule has 260 valence electrons. The third kappa shape index (κ3) is 9.00. The predicted molar refractivity (Wildman–Crippen MR) is 204 cm³/mol. The highest BCUT2D eigenvalue weighted by Crippen LogP contribution is 2.45. The maximum atomic E-state index is 13.0. The van der Waals surface area contributed by atoms with Crippen LogP contribution in [0.5, 0.6) is 11.5 Å². The summed E-state index contributed by atoms with van der Waals surface area (Å²) < 4.78 is 14.9. The van der Waals surface area contributed by atoms with Crippen molar-refractivity contribution in [3.05, 3.63) is 121 Å².